The SMILES string of the molecule is O=C(OCc1ccccc1)N1C[C@H](O)[C@@H](N(CCc2ccccc2)Cc2ccccc2)C1. The van der Waals surface area contributed by atoms with Crippen LogP contribution in [0.1, 0.15) is 16.7 Å². The fourth-order valence-corrected chi connectivity index (χ4v) is 4.19. The molecule has 0 saturated carbocycles. The lowest BCUT2D eigenvalue weighted by molar-refractivity contribution is 0.0782. The highest BCUT2D eigenvalue weighted by atomic mass is 16.6. The quantitative estimate of drug-likeness (QED) is 0.584. The summed E-state index contributed by atoms with van der Waals surface area (Å²) in [5.41, 5.74) is 3.40. The molecular weight excluding hydrogens is 400 g/mol. The zero-order valence-electron chi connectivity index (χ0n) is 18.2. The summed E-state index contributed by atoms with van der Waals surface area (Å²) >= 11 is 0. The number of rotatable bonds is 8. The highest BCUT2D eigenvalue weighted by molar-refractivity contribution is 5.68. The van der Waals surface area contributed by atoms with Crippen LogP contribution in [0.4, 0.5) is 4.79 Å². The van der Waals surface area contributed by atoms with E-state index in [-0.39, 0.29) is 25.3 Å². The van der Waals surface area contributed by atoms with Gasteiger partial charge in [0.2, 0.25) is 0 Å². The second-order valence-electron chi connectivity index (χ2n) is 8.27. The fourth-order valence-electron chi connectivity index (χ4n) is 4.19. The number of nitrogens with zero attached hydrogens (tertiary/aromatic N) is 2. The van der Waals surface area contributed by atoms with Crippen LogP contribution in [-0.2, 0) is 24.3 Å². The van der Waals surface area contributed by atoms with Crippen molar-refractivity contribution < 1.29 is 14.6 Å². The summed E-state index contributed by atoms with van der Waals surface area (Å²) in [7, 11) is 0. The van der Waals surface area contributed by atoms with E-state index in [0.717, 1.165) is 25.1 Å². The van der Waals surface area contributed by atoms with Crippen molar-refractivity contribution in [3.63, 3.8) is 0 Å². The van der Waals surface area contributed by atoms with Crippen LogP contribution in [0.15, 0.2) is 91.0 Å². The van der Waals surface area contributed by atoms with E-state index in [2.05, 4.69) is 29.2 Å². The number of benzene rings is 3. The van der Waals surface area contributed by atoms with Crippen LogP contribution in [-0.4, -0.2) is 52.8 Å². The minimum atomic E-state index is -0.612. The van der Waals surface area contributed by atoms with E-state index in [4.69, 9.17) is 4.74 Å². The van der Waals surface area contributed by atoms with E-state index in [9.17, 15) is 9.90 Å². The molecule has 5 nitrogen and oxygen atoms in total. The number of hydrogen-bond donors (Lipinski definition) is 1. The molecule has 1 amide bonds. The summed E-state index contributed by atoms with van der Waals surface area (Å²) in [6, 6.07) is 30.1. The number of β-amino-alcohol motifs (C(OH)–C–C–N with tert-alkyl or cyclic N) is 1. The first-order valence-corrected chi connectivity index (χ1v) is 11.1. The van der Waals surface area contributed by atoms with Crippen molar-refractivity contribution in [2.75, 3.05) is 19.6 Å². The molecule has 1 N–H and O–H groups in total. The molecular formula is C27H30N2O3. The Morgan fingerprint density at radius 1 is 0.844 bits per heavy atom. The first-order valence-electron chi connectivity index (χ1n) is 11.1. The molecule has 0 bridgehead atoms. The van der Waals surface area contributed by atoms with Gasteiger partial charge >= 0.3 is 6.09 Å². The Balaban J connectivity index is 1.40. The molecule has 1 aliphatic rings. The maximum Gasteiger partial charge on any atom is 0.410 e. The molecule has 1 saturated heterocycles. The highest BCUT2D eigenvalue weighted by Gasteiger charge is 2.38. The van der Waals surface area contributed by atoms with Crippen LogP contribution in [0, 0.1) is 0 Å². The van der Waals surface area contributed by atoms with E-state index < -0.39 is 6.10 Å². The Morgan fingerprint density at radius 3 is 2.03 bits per heavy atom. The maximum atomic E-state index is 12.6. The van der Waals surface area contributed by atoms with Crippen molar-refractivity contribution >= 4 is 6.09 Å². The standard InChI is InChI=1S/C27H30N2O3/c30-26-20-29(27(31)32-21-24-14-8-3-9-15-24)19-25(26)28(18-23-12-6-2-7-13-23)17-16-22-10-4-1-5-11-22/h1-15,25-26,30H,16-21H2/t25-,26-/m0/s1. The molecule has 5 heteroatoms. The lowest BCUT2D eigenvalue weighted by atomic mass is 10.1. The fraction of sp³-hybridized carbons (Fsp3) is 0.296. The van der Waals surface area contributed by atoms with Crippen LogP contribution in [0.3, 0.4) is 0 Å². The normalized spacial score (nSPS) is 18.1. The summed E-state index contributed by atoms with van der Waals surface area (Å²) < 4.78 is 5.49. The second-order valence-corrected chi connectivity index (χ2v) is 8.27. The number of ether oxygens (including phenoxy) is 1. The Labute approximate surface area is 189 Å². The van der Waals surface area contributed by atoms with Crippen molar-refractivity contribution in [2.45, 2.75) is 31.7 Å². The highest BCUT2D eigenvalue weighted by Crippen LogP contribution is 2.21. The third kappa shape index (κ3) is 5.96. The first kappa shape index (κ1) is 22.1. The van der Waals surface area contributed by atoms with Gasteiger partial charge in [0, 0.05) is 19.6 Å². The number of carbonyl (C=O) groups is 1. The number of hydrogen-bond acceptors (Lipinski definition) is 4. The van der Waals surface area contributed by atoms with Gasteiger partial charge in [0.1, 0.15) is 6.61 Å². The lowest BCUT2D eigenvalue weighted by Gasteiger charge is -2.30. The molecule has 3 aromatic rings. The monoisotopic (exact) mass is 430 g/mol. The molecule has 4 rings (SSSR count). The smallest absolute Gasteiger partial charge is 0.410 e. The number of carbonyl (C=O) groups excluding carboxylic acids is 1. The first-order chi connectivity index (χ1) is 15.7. The van der Waals surface area contributed by atoms with Crippen LogP contribution < -0.4 is 0 Å². The second kappa shape index (κ2) is 10.9. The molecule has 3 aromatic carbocycles. The number of likely N-dealkylation sites (tertiary alicyclic amines) is 1. The van der Waals surface area contributed by atoms with Gasteiger partial charge in [0.15, 0.2) is 0 Å². The zero-order valence-corrected chi connectivity index (χ0v) is 18.2. The molecule has 32 heavy (non-hydrogen) atoms. The molecule has 166 valence electrons. The average Bonchev–Trinajstić information content (AvgIpc) is 3.23. The van der Waals surface area contributed by atoms with Gasteiger partial charge in [-0.1, -0.05) is 91.0 Å². The van der Waals surface area contributed by atoms with Gasteiger partial charge in [-0.3, -0.25) is 4.90 Å². The Kier molecular flexibility index (Phi) is 7.54. The number of amides is 1. The Bertz CT molecular complexity index is 966. The molecule has 0 aromatic heterocycles. The van der Waals surface area contributed by atoms with Crippen molar-refractivity contribution in [3.05, 3.63) is 108 Å². The predicted octanol–water partition coefficient (Wildman–Crippen LogP) is 4.11. The van der Waals surface area contributed by atoms with Crippen molar-refractivity contribution in [1.82, 2.24) is 9.80 Å². The third-order valence-corrected chi connectivity index (χ3v) is 5.95. The average molecular weight is 431 g/mol. The summed E-state index contributed by atoms with van der Waals surface area (Å²) in [6.45, 7) is 2.50. The lowest BCUT2D eigenvalue weighted by Crippen LogP contribution is -2.44. The number of aliphatic hydroxyl groups is 1. The van der Waals surface area contributed by atoms with Gasteiger partial charge in [-0.05, 0) is 23.1 Å². The Morgan fingerprint density at radius 2 is 1.41 bits per heavy atom. The van der Waals surface area contributed by atoms with Crippen molar-refractivity contribution in [3.8, 4) is 0 Å². The van der Waals surface area contributed by atoms with Gasteiger partial charge in [0.25, 0.3) is 0 Å². The molecule has 0 spiro atoms. The summed E-state index contributed by atoms with van der Waals surface area (Å²) in [5.74, 6) is 0. The molecule has 0 unspecified atom stereocenters. The van der Waals surface area contributed by atoms with Crippen LogP contribution >= 0.6 is 0 Å². The van der Waals surface area contributed by atoms with Crippen molar-refractivity contribution in [2.24, 2.45) is 0 Å². The van der Waals surface area contributed by atoms with Gasteiger partial charge in [-0.2, -0.15) is 0 Å². The van der Waals surface area contributed by atoms with Gasteiger partial charge in [-0.15, -0.1) is 0 Å². The summed E-state index contributed by atoms with van der Waals surface area (Å²) in [6.07, 6.45) is -0.105. The van der Waals surface area contributed by atoms with Crippen LogP contribution in [0.25, 0.3) is 0 Å². The molecule has 2 atom stereocenters. The Hall–Kier alpha value is -3.15. The van der Waals surface area contributed by atoms with Gasteiger partial charge in [0.05, 0.1) is 18.7 Å². The number of aliphatic hydroxyl groups excluding tert-OH is 1. The molecule has 1 fully saturated rings. The van der Waals surface area contributed by atoms with Crippen molar-refractivity contribution in [1.29, 1.82) is 0 Å². The van der Waals surface area contributed by atoms with E-state index in [1.807, 2.05) is 66.7 Å². The largest absolute Gasteiger partial charge is 0.445 e. The van der Waals surface area contributed by atoms with Gasteiger partial charge in [-0.25, -0.2) is 4.79 Å². The van der Waals surface area contributed by atoms with Gasteiger partial charge < -0.3 is 14.7 Å². The minimum absolute atomic E-state index is 0.136. The van der Waals surface area contributed by atoms with Crippen LogP contribution in [0.5, 0.6) is 0 Å². The van der Waals surface area contributed by atoms with E-state index in [0.29, 0.717) is 6.54 Å². The predicted molar refractivity (Wildman–Crippen MR) is 125 cm³/mol. The molecule has 1 heterocycles. The third-order valence-electron chi connectivity index (χ3n) is 5.95. The topological polar surface area (TPSA) is 53.0 Å². The zero-order chi connectivity index (χ0) is 22.2. The van der Waals surface area contributed by atoms with E-state index >= 15 is 0 Å². The maximum absolute atomic E-state index is 12.6. The summed E-state index contributed by atoms with van der Waals surface area (Å²) in [5, 5.41) is 10.8. The molecule has 0 aliphatic carbocycles. The minimum Gasteiger partial charge on any atom is -0.445 e. The van der Waals surface area contributed by atoms with E-state index in [1.54, 1.807) is 4.90 Å². The summed E-state index contributed by atoms with van der Waals surface area (Å²) in [4.78, 5) is 16.6. The van der Waals surface area contributed by atoms with Crippen LogP contribution in [0.2, 0.25) is 0 Å². The molecule has 1 aliphatic heterocycles. The van der Waals surface area contributed by atoms with E-state index in [1.165, 1.54) is 11.1 Å². The molecule has 0 radical (unpaired) electrons.